The van der Waals surface area contributed by atoms with Crippen LogP contribution in [0.1, 0.15) is 12.2 Å². The number of anilines is 2. The maximum atomic E-state index is 11.7. The second kappa shape index (κ2) is 6.90. The van der Waals surface area contributed by atoms with Crippen molar-refractivity contribution in [3.8, 4) is 5.75 Å². The zero-order valence-electron chi connectivity index (χ0n) is 12.3. The van der Waals surface area contributed by atoms with Crippen LogP contribution >= 0.6 is 0 Å². The number of nitrogens with zero attached hydrogens (tertiary/aromatic N) is 2. The average molecular weight is 288 g/mol. The molecule has 0 aliphatic heterocycles. The lowest BCUT2D eigenvalue weighted by molar-refractivity contribution is 0.415. The Morgan fingerprint density at radius 1 is 1.33 bits per heavy atom. The molecule has 0 saturated heterocycles. The lowest BCUT2D eigenvalue weighted by atomic mass is 10.2. The number of ether oxygens (including phenoxy) is 1. The number of benzene rings is 1. The van der Waals surface area contributed by atoms with Gasteiger partial charge in [0.25, 0.3) is 5.56 Å². The highest BCUT2D eigenvalue weighted by atomic mass is 16.5. The van der Waals surface area contributed by atoms with Crippen LogP contribution in [0, 0.1) is 6.92 Å². The van der Waals surface area contributed by atoms with Gasteiger partial charge >= 0.3 is 0 Å². The van der Waals surface area contributed by atoms with Gasteiger partial charge in [0.15, 0.2) is 0 Å². The van der Waals surface area contributed by atoms with Crippen LogP contribution < -0.4 is 20.9 Å². The van der Waals surface area contributed by atoms with Crippen LogP contribution in [0.15, 0.2) is 35.1 Å². The number of nitrogens with one attached hydrogen (secondary N) is 1. The number of aryl methyl sites for hydroxylation is 1. The first kappa shape index (κ1) is 15.1. The Kier molecular flexibility index (Phi) is 4.94. The molecule has 0 fully saturated rings. The molecule has 112 valence electrons. The number of methoxy groups -OCH3 is 1. The van der Waals surface area contributed by atoms with E-state index in [1.807, 2.05) is 29.2 Å². The Labute approximate surface area is 123 Å². The molecular weight excluding hydrogens is 268 g/mol. The smallest absolute Gasteiger partial charge is 0.252 e. The number of nitrogens with two attached hydrogens (primary N) is 1. The van der Waals surface area contributed by atoms with Gasteiger partial charge in [-0.05, 0) is 44.2 Å². The zero-order valence-corrected chi connectivity index (χ0v) is 12.3. The molecule has 0 amide bonds. The van der Waals surface area contributed by atoms with E-state index >= 15 is 0 Å². The number of H-pyrrole nitrogens is 1. The highest BCUT2D eigenvalue weighted by molar-refractivity contribution is 5.60. The molecule has 0 aliphatic rings. The minimum Gasteiger partial charge on any atom is -0.497 e. The van der Waals surface area contributed by atoms with E-state index in [2.05, 4.69) is 9.97 Å². The predicted octanol–water partition coefficient (Wildman–Crippen LogP) is 1.57. The van der Waals surface area contributed by atoms with Crippen LogP contribution in [0.2, 0.25) is 0 Å². The van der Waals surface area contributed by atoms with Crippen molar-refractivity contribution in [1.29, 1.82) is 0 Å². The predicted molar refractivity (Wildman–Crippen MR) is 83.3 cm³/mol. The van der Waals surface area contributed by atoms with Gasteiger partial charge in [-0.2, -0.15) is 0 Å². The summed E-state index contributed by atoms with van der Waals surface area (Å²) in [5.41, 5.74) is 6.39. The number of hydrogen-bond donors (Lipinski definition) is 2. The van der Waals surface area contributed by atoms with E-state index in [1.54, 1.807) is 14.0 Å². The standard InChI is InChI=1S/C15H20N4O2/c1-11-17-14(10-15(20)18-11)19(9-3-8-16)12-4-6-13(21-2)7-5-12/h4-7,10H,3,8-9,16H2,1-2H3,(H,17,18,20). The normalized spacial score (nSPS) is 10.4. The molecule has 2 aromatic rings. The fraction of sp³-hybridized carbons (Fsp3) is 0.333. The van der Waals surface area contributed by atoms with Crippen LogP contribution in [0.4, 0.5) is 11.5 Å². The third-order valence-corrected chi connectivity index (χ3v) is 3.09. The lowest BCUT2D eigenvalue weighted by Gasteiger charge is -2.24. The van der Waals surface area contributed by atoms with E-state index in [-0.39, 0.29) is 5.56 Å². The number of aromatic nitrogens is 2. The third-order valence-electron chi connectivity index (χ3n) is 3.09. The summed E-state index contributed by atoms with van der Waals surface area (Å²) in [5.74, 6) is 1.99. The molecular formula is C15H20N4O2. The molecule has 1 heterocycles. The molecule has 0 radical (unpaired) electrons. The largest absolute Gasteiger partial charge is 0.497 e. The van der Waals surface area contributed by atoms with Gasteiger partial charge in [-0.15, -0.1) is 0 Å². The number of aromatic amines is 1. The van der Waals surface area contributed by atoms with Crippen molar-refractivity contribution in [3.63, 3.8) is 0 Å². The van der Waals surface area contributed by atoms with Gasteiger partial charge in [0.1, 0.15) is 17.4 Å². The van der Waals surface area contributed by atoms with Crippen molar-refractivity contribution in [2.24, 2.45) is 5.73 Å². The summed E-state index contributed by atoms with van der Waals surface area (Å²) in [5, 5.41) is 0. The molecule has 1 aromatic heterocycles. The van der Waals surface area contributed by atoms with E-state index in [0.717, 1.165) is 17.9 Å². The van der Waals surface area contributed by atoms with Crippen molar-refractivity contribution in [3.05, 3.63) is 46.5 Å². The second-order valence-corrected chi connectivity index (χ2v) is 4.68. The molecule has 6 heteroatoms. The summed E-state index contributed by atoms with van der Waals surface area (Å²) >= 11 is 0. The molecule has 0 saturated carbocycles. The molecule has 0 unspecified atom stereocenters. The molecule has 0 spiro atoms. The van der Waals surface area contributed by atoms with E-state index in [4.69, 9.17) is 10.5 Å². The number of hydrogen-bond acceptors (Lipinski definition) is 5. The van der Waals surface area contributed by atoms with Crippen LogP contribution in [-0.4, -0.2) is 30.2 Å². The highest BCUT2D eigenvalue weighted by Gasteiger charge is 2.12. The molecule has 0 atom stereocenters. The van der Waals surface area contributed by atoms with Crippen molar-refractivity contribution in [2.75, 3.05) is 25.1 Å². The summed E-state index contributed by atoms with van der Waals surface area (Å²) < 4.78 is 5.16. The van der Waals surface area contributed by atoms with Gasteiger partial charge in [0, 0.05) is 18.3 Å². The first-order chi connectivity index (χ1) is 10.1. The van der Waals surface area contributed by atoms with Gasteiger partial charge in [-0.25, -0.2) is 4.98 Å². The quantitative estimate of drug-likeness (QED) is 0.843. The van der Waals surface area contributed by atoms with Gasteiger partial charge in [-0.1, -0.05) is 0 Å². The Morgan fingerprint density at radius 3 is 2.62 bits per heavy atom. The SMILES string of the molecule is COc1ccc(N(CCCN)c2cc(=O)[nH]c(C)n2)cc1. The highest BCUT2D eigenvalue weighted by Crippen LogP contribution is 2.25. The fourth-order valence-electron chi connectivity index (χ4n) is 2.09. The van der Waals surface area contributed by atoms with Crippen molar-refractivity contribution in [1.82, 2.24) is 9.97 Å². The summed E-state index contributed by atoms with van der Waals surface area (Å²) in [4.78, 5) is 20.7. The Morgan fingerprint density at radius 2 is 2.05 bits per heavy atom. The van der Waals surface area contributed by atoms with E-state index < -0.39 is 0 Å². The van der Waals surface area contributed by atoms with Gasteiger partial charge in [0.2, 0.25) is 0 Å². The van der Waals surface area contributed by atoms with Gasteiger partial charge < -0.3 is 20.4 Å². The van der Waals surface area contributed by atoms with Gasteiger partial charge in [0.05, 0.1) is 7.11 Å². The van der Waals surface area contributed by atoms with Crippen LogP contribution in [-0.2, 0) is 0 Å². The summed E-state index contributed by atoms with van der Waals surface area (Å²) in [6, 6.07) is 9.13. The van der Waals surface area contributed by atoms with Crippen LogP contribution in [0.5, 0.6) is 5.75 Å². The maximum Gasteiger partial charge on any atom is 0.252 e. The summed E-state index contributed by atoms with van der Waals surface area (Å²) in [6.07, 6.45) is 0.805. The number of rotatable bonds is 6. The molecule has 1 aromatic carbocycles. The molecule has 0 bridgehead atoms. The Hall–Kier alpha value is -2.34. The summed E-state index contributed by atoms with van der Waals surface area (Å²) in [7, 11) is 1.63. The fourth-order valence-corrected chi connectivity index (χ4v) is 2.09. The maximum absolute atomic E-state index is 11.7. The van der Waals surface area contributed by atoms with Crippen LogP contribution in [0.25, 0.3) is 0 Å². The third kappa shape index (κ3) is 3.82. The Balaban J connectivity index is 2.38. The zero-order chi connectivity index (χ0) is 15.2. The monoisotopic (exact) mass is 288 g/mol. The van der Waals surface area contributed by atoms with Crippen molar-refractivity contribution < 1.29 is 4.74 Å². The first-order valence-electron chi connectivity index (χ1n) is 6.83. The molecule has 0 aliphatic carbocycles. The van der Waals surface area contributed by atoms with Crippen molar-refractivity contribution in [2.45, 2.75) is 13.3 Å². The minimum absolute atomic E-state index is 0.163. The van der Waals surface area contributed by atoms with Crippen LogP contribution in [0.3, 0.4) is 0 Å². The lowest BCUT2D eigenvalue weighted by Crippen LogP contribution is -2.24. The second-order valence-electron chi connectivity index (χ2n) is 4.68. The van der Waals surface area contributed by atoms with Crippen molar-refractivity contribution >= 4 is 11.5 Å². The Bertz CT molecular complexity index is 637. The topological polar surface area (TPSA) is 84.2 Å². The minimum atomic E-state index is -0.163. The summed E-state index contributed by atoms with van der Waals surface area (Å²) in [6.45, 7) is 3.04. The first-order valence-corrected chi connectivity index (χ1v) is 6.83. The molecule has 21 heavy (non-hydrogen) atoms. The van der Waals surface area contributed by atoms with E-state index in [0.29, 0.717) is 24.7 Å². The van der Waals surface area contributed by atoms with Gasteiger partial charge in [-0.3, -0.25) is 4.79 Å². The van der Waals surface area contributed by atoms with E-state index in [9.17, 15) is 4.79 Å². The molecule has 3 N–H and O–H groups in total. The van der Waals surface area contributed by atoms with E-state index in [1.165, 1.54) is 6.07 Å². The average Bonchev–Trinajstić information content (AvgIpc) is 2.47. The molecule has 2 rings (SSSR count). The molecule has 6 nitrogen and oxygen atoms in total.